The van der Waals surface area contributed by atoms with Crippen molar-refractivity contribution in [2.45, 2.75) is 26.5 Å². The Labute approximate surface area is 146 Å². The normalized spacial score (nSPS) is 10.8. The van der Waals surface area contributed by atoms with Crippen LogP contribution in [0.5, 0.6) is 5.75 Å². The fourth-order valence-corrected chi connectivity index (χ4v) is 3.07. The van der Waals surface area contributed by atoms with E-state index in [2.05, 4.69) is 42.2 Å². The molecule has 0 aliphatic heterocycles. The maximum Gasteiger partial charge on any atom is 0.138 e. The van der Waals surface area contributed by atoms with E-state index in [1.807, 2.05) is 38.1 Å². The molecule has 0 saturated heterocycles. The predicted molar refractivity (Wildman–Crippen MR) is 94.2 cm³/mol. The number of hydrogen-bond donors (Lipinski definition) is 1. The Morgan fingerprint density at radius 1 is 1.29 bits per heavy atom. The minimum atomic E-state index is 0.101. The molecule has 0 radical (unpaired) electrons. The summed E-state index contributed by atoms with van der Waals surface area (Å²) in [4.78, 5) is 4.36. The van der Waals surface area contributed by atoms with Crippen LogP contribution in [-0.4, -0.2) is 11.1 Å². The van der Waals surface area contributed by atoms with Crippen LogP contribution < -0.4 is 10.1 Å². The van der Waals surface area contributed by atoms with Crippen molar-refractivity contribution in [2.24, 2.45) is 0 Å². The van der Waals surface area contributed by atoms with E-state index in [1.54, 1.807) is 6.20 Å². The Bertz CT molecular complexity index is 635. The molecule has 1 aromatic carbocycles. The lowest BCUT2D eigenvalue weighted by Crippen LogP contribution is -2.06. The van der Waals surface area contributed by atoms with E-state index in [1.165, 1.54) is 0 Å². The molecule has 6 heteroatoms. The Balaban J connectivity index is 2.05. The van der Waals surface area contributed by atoms with E-state index in [0.29, 0.717) is 17.3 Å². The number of halogens is 3. The molecule has 0 bridgehead atoms. The highest BCUT2D eigenvalue weighted by atomic mass is 79.9. The van der Waals surface area contributed by atoms with Gasteiger partial charge in [0.1, 0.15) is 5.75 Å². The number of benzene rings is 1. The lowest BCUT2D eigenvalue weighted by Gasteiger charge is -2.13. The summed E-state index contributed by atoms with van der Waals surface area (Å²) in [5.41, 5.74) is 1.85. The first kappa shape index (κ1) is 16.6. The van der Waals surface area contributed by atoms with Crippen molar-refractivity contribution >= 4 is 49.1 Å². The molecule has 0 unspecified atom stereocenters. The van der Waals surface area contributed by atoms with Crippen molar-refractivity contribution in [2.75, 3.05) is 5.32 Å². The smallest absolute Gasteiger partial charge is 0.138 e. The molecule has 3 nitrogen and oxygen atoms in total. The lowest BCUT2D eigenvalue weighted by atomic mass is 10.2. The SMILES string of the molecule is CC(C)Oc1ccc(NCc2ncc(Br)cc2Br)cc1Cl. The van der Waals surface area contributed by atoms with E-state index >= 15 is 0 Å². The Hall–Kier alpha value is -0.780. The van der Waals surface area contributed by atoms with Crippen molar-refractivity contribution in [1.29, 1.82) is 0 Å². The van der Waals surface area contributed by atoms with Crippen molar-refractivity contribution < 1.29 is 4.74 Å². The second-order valence-corrected chi connectivity index (χ2v) is 6.92. The molecule has 112 valence electrons. The first-order chi connectivity index (χ1) is 9.95. The number of aromatic nitrogens is 1. The maximum atomic E-state index is 6.21. The summed E-state index contributed by atoms with van der Waals surface area (Å²) in [7, 11) is 0. The summed E-state index contributed by atoms with van der Waals surface area (Å²) < 4.78 is 7.51. The number of pyridine rings is 1. The highest BCUT2D eigenvalue weighted by Crippen LogP contribution is 2.29. The van der Waals surface area contributed by atoms with Gasteiger partial charge in [-0.25, -0.2) is 0 Å². The fourth-order valence-electron chi connectivity index (χ4n) is 1.72. The molecule has 0 amide bonds. The second kappa shape index (κ2) is 7.47. The van der Waals surface area contributed by atoms with Gasteiger partial charge in [0.05, 0.1) is 23.4 Å². The number of anilines is 1. The van der Waals surface area contributed by atoms with Gasteiger partial charge in [-0.3, -0.25) is 4.98 Å². The molecule has 1 N–H and O–H groups in total. The van der Waals surface area contributed by atoms with Crippen molar-refractivity contribution in [1.82, 2.24) is 4.98 Å². The third kappa shape index (κ3) is 4.87. The van der Waals surface area contributed by atoms with Crippen molar-refractivity contribution in [3.8, 4) is 5.75 Å². The minimum Gasteiger partial charge on any atom is -0.489 e. The topological polar surface area (TPSA) is 34.1 Å². The standard InChI is InChI=1S/C15H15Br2ClN2O/c1-9(2)21-15-4-3-11(6-13(15)18)19-8-14-12(17)5-10(16)7-20-14/h3-7,9,19H,8H2,1-2H3. The zero-order valence-corrected chi connectivity index (χ0v) is 15.6. The fraction of sp³-hybridized carbons (Fsp3) is 0.267. The average molecular weight is 435 g/mol. The largest absolute Gasteiger partial charge is 0.489 e. The van der Waals surface area contributed by atoms with Crippen molar-refractivity contribution in [3.05, 3.63) is 50.1 Å². The Morgan fingerprint density at radius 2 is 2.05 bits per heavy atom. The molecule has 1 heterocycles. The molecule has 0 saturated carbocycles. The predicted octanol–water partition coefficient (Wildman–Crippen LogP) is 5.66. The molecular formula is C15H15Br2ClN2O. The molecule has 0 aliphatic carbocycles. The van der Waals surface area contributed by atoms with Gasteiger partial charge in [0.2, 0.25) is 0 Å². The summed E-state index contributed by atoms with van der Waals surface area (Å²) in [6.45, 7) is 4.55. The summed E-state index contributed by atoms with van der Waals surface area (Å²) >= 11 is 13.1. The summed E-state index contributed by atoms with van der Waals surface area (Å²) in [5, 5.41) is 3.89. The van der Waals surface area contributed by atoms with E-state index < -0.39 is 0 Å². The minimum absolute atomic E-state index is 0.101. The van der Waals surface area contributed by atoms with Crippen molar-refractivity contribution in [3.63, 3.8) is 0 Å². The molecule has 0 aliphatic rings. The van der Waals surface area contributed by atoms with Gasteiger partial charge in [-0.05, 0) is 70.0 Å². The van der Waals surface area contributed by atoms with Gasteiger partial charge in [-0.1, -0.05) is 11.6 Å². The van der Waals surface area contributed by atoms with Gasteiger partial charge in [-0.15, -0.1) is 0 Å². The summed E-state index contributed by atoms with van der Waals surface area (Å²) in [5.74, 6) is 0.695. The highest BCUT2D eigenvalue weighted by molar-refractivity contribution is 9.11. The van der Waals surface area contributed by atoms with Crippen LogP contribution >= 0.6 is 43.5 Å². The van der Waals surface area contributed by atoms with Crippen LogP contribution in [0.4, 0.5) is 5.69 Å². The third-order valence-corrected chi connectivity index (χ3v) is 4.05. The molecule has 21 heavy (non-hydrogen) atoms. The first-order valence-corrected chi connectivity index (χ1v) is 8.42. The monoisotopic (exact) mass is 432 g/mol. The zero-order chi connectivity index (χ0) is 15.4. The van der Waals surface area contributed by atoms with Crippen LogP contribution in [0.2, 0.25) is 5.02 Å². The van der Waals surface area contributed by atoms with Gasteiger partial charge in [-0.2, -0.15) is 0 Å². The third-order valence-electron chi connectivity index (χ3n) is 2.64. The van der Waals surface area contributed by atoms with Gasteiger partial charge in [0.25, 0.3) is 0 Å². The van der Waals surface area contributed by atoms with Crippen LogP contribution in [0, 0.1) is 0 Å². The van der Waals surface area contributed by atoms with Crippen LogP contribution in [0.25, 0.3) is 0 Å². The Kier molecular flexibility index (Phi) is 5.90. The average Bonchev–Trinajstić information content (AvgIpc) is 2.40. The molecule has 0 fully saturated rings. The number of rotatable bonds is 5. The molecule has 0 spiro atoms. The lowest BCUT2D eigenvalue weighted by molar-refractivity contribution is 0.242. The molecule has 0 atom stereocenters. The quantitative estimate of drug-likeness (QED) is 0.659. The summed E-state index contributed by atoms with van der Waals surface area (Å²) in [6, 6.07) is 7.63. The second-order valence-electron chi connectivity index (χ2n) is 4.75. The van der Waals surface area contributed by atoms with Crippen LogP contribution in [0.1, 0.15) is 19.5 Å². The van der Waals surface area contributed by atoms with Gasteiger partial charge >= 0.3 is 0 Å². The van der Waals surface area contributed by atoms with E-state index in [-0.39, 0.29) is 6.10 Å². The first-order valence-electron chi connectivity index (χ1n) is 6.45. The molecular weight excluding hydrogens is 419 g/mol. The summed E-state index contributed by atoms with van der Waals surface area (Å²) in [6.07, 6.45) is 1.87. The van der Waals surface area contributed by atoms with Gasteiger partial charge in [0.15, 0.2) is 0 Å². The van der Waals surface area contributed by atoms with Crippen LogP contribution in [-0.2, 0) is 6.54 Å². The molecule has 2 rings (SSSR count). The highest BCUT2D eigenvalue weighted by Gasteiger charge is 2.06. The van der Waals surface area contributed by atoms with Crippen LogP contribution in [0.15, 0.2) is 39.4 Å². The van der Waals surface area contributed by atoms with Gasteiger partial charge in [0, 0.05) is 20.8 Å². The van der Waals surface area contributed by atoms with E-state index in [4.69, 9.17) is 16.3 Å². The number of hydrogen-bond acceptors (Lipinski definition) is 3. The number of nitrogens with one attached hydrogen (secondary N) is 1. The Morgan fingerprint density at radius 3 is 2.67 bits per heavy atom. The molecule has 1 aromatic heterocycles. The van der Waals surface area contributed by atoms with E-state index in [0.717, 1.165) is 20.3 Å². The number of ether oxygens (including phenoxy) is 1. The van der Waals surface area contributed by atoms with Gasteiger partial charge < -0.3 is 10.1 Å². The zero-order valence-electron chi connectivity index (χ0n) is 11.7. The molecule has 2 aromatic rings. The van der Waals surface area contributed by atoms with Crippen LogP contribution in [0.3, 0.4) is 0 Å². The number of nitrogens with zero attached hydrogens (tertiary/aromatic N) is 1. The van der Waals surface area contributed by atoms with E-state index in [9.17, 15) is 0 Å². The maximum absolute atomic E-state index is 6.21.